The molecule has 5 unspecified atom stereocenters. The van der Waals surface area contributed by atoms with Gasteiger partial charge in [-0.15, -0.1) is 0 Å². The smallest absolute Gasteiger partial charge is 0.449 e. The maximum absolute atomic E-state index is 13.4. The minimum atomic E-state index is -5.77. The minimum absolute atomic E-state index is 0.0479. The highest BCUT2D eigenvalue weighted by Crippen LogP contribution is 2.66. The lowest BCUT2D eigenvalue weighted by atomic mass is 10.0. The van der Waals surface area contributed by atoms with Crippen molar-refractivity contribution in [3.05, 3.63) is 52.2 Å². The molecule has 230 valence electrons. The van der Waals surface area contributed by atoms with E-state index in [2.05, 4.69) is 33.6 Å². The molecule has 0 amide bonds. The summed E-state index contributed by atoms with van der Waals surface area (Å²) in [6.45, 7) is 0.691. The number of ether oxygens (including phenoxy) is 2. The van der Waals surface area contributed by atoms with Crippen LogP contribution in [0.4, 0.5) is 17.3 Å². The number of quaternary nitrogens is 1. The number of carbonyl (C=O) groups excluding carboxylic acids is 1. The Balaban J connectivity index is 1.40. The average Bonchev–Trinajstić information content (AvgIpc) is 3.13. The van der Waals surface area contributed by atoms with Gasteiger partial charge in [-0.2, -0.15) is 23.1 Å². The summed E-state index contributed by atoms with van der Waals surface area (Å²) in [6.07, 6.45) is -0.656. The fourth-order valence-corrected chi connectivity index (χ4v) is 7.97. The van der Waals surface area contributed by atoms with E-state index in [1.807, 2.05) is 0 Å². The fourth-order valence-electron chi connectivity index (χ4n) is 4.94. The molecule has 1 aromatic carbocycles. The maximum Gasteiger partial charge on any atom is 0.490 e. The molecule has 4 heterocycles. The third-order valence-corrected chi connectivity index (χ3v) is 10.4. The van der Waals surface area contributed by atoms with Gasteiger partial charge in [0.15, 0.2) is 23.9 Å². The largest absolute Gasteiger partial charge is 0.490 e. The van der Waals surface area contributed by atoms with Crippen LogP contribution < -0.4 is 10.2 Å². The second-order valence-electron chi connectivity index (χ2n) is 9.29. The second-order valence-corrected chi connectivity index (χ2v) is 13.7. The lowest BCUT2D eigenvalue weighted by molar-refractivity contribution is -0.0562. The summed E-state index contributed by atoms with van der Waals surface area (Å²) < 4.78 is 58.8. The van der Waals surface area contributed by atoms with Gasteiger partial charge in [-0.1, -0.05) is 30.2 Å². The van der Waals surface area contributed by atoms with Crippen molar-refractivity contribution in [2.75, 3.05) is 12.3 Å². The van der Waals surface area contributed by atoms with Crippen LogP contribution in [0.15, 0.2) is 40.7 Å². The topological polar surface area (TPSA) is 308 Å². The molecule has 43 heavy (non-hydrogen) atoms. The molecule has 5 rings (SSSR count). The summed E-state index contributed by atoms with van der Waals surface area (Å²) in [7, 11) is -16.9. The molecule has 3 aliphatic rings. The number of nitrogens with zero attached hydrogens (tertiary/aromatic N) is 7. The van der Waals surface area contributed by atoms with Crippen molar-refractivity contribution >= 4 is 53.1 Å². The third-order valence-electron chi connectivity index (χ3n) is 6.63. The summed E-state index contributed by atoms with van der Waals surface area (Å²) in [5, 5.41) is 3.61. The molecule has 2 saturated heterocycles. The van der Waals surface area contributed by atoms with E-state index >= 15 is 0 Å². The summed E-state index contributed by atoms with van der Waals surface area (Å²) in [5.41, 5.74) is 15.4. The number of esters is 1. The maximum atomic E-state index is 13.4. The van der Waals surface area contributed by atoms with E-state index in [0.29, 0.717) is 11.4 Å². The van der Waals surface area contributed by atoms with E-state index in [4.69, 9.17) is 35.0 Å². The molecule has 8 atom stereocenters. The first-order valence-electron chi connectivity index (χ1n) is 11.9. The first kappa shape index (κ1) is 31.3. The number of hydrogen-bond donors (Lipinski definition) is 5. The molecule has 0 saturated carbocycles. The van der Waals surface area contributed by atoms with E-state index in [9.17, 15) is 28.3 Å². The number of aliphatic imine (C=N–C) groups is 1. The van der Waals surface area contributed by atoms with Gasteiger partial charge >= 0.3 is 29.4 Å². The molecular formula is C19H22N8O13P3+. The predicted molar refractivity (Wildman–Crippen MR) is 142 cm³/mol. The summed E-state index contributed by atoms with van der Waals surface area (Å²) in [6, 6.07) is 4.70. The Labute approximate surface area is 240 Å². The molecule has 2 aromatic rings. The van der Waals surface area contributed by atoms with Gasteiger partial charge in [0.1, 0.15) is 12.4 Å². The molecular weight excluding hydrogens is 641 g/mol. The lowest BCUT2D eigenvalue weighted by Crippen LogP contribution is -2.46. The van der Waals surface area contributed by atoms with E-state index in [1.54, 1.807) is 25.1 Å². The van der Waals surface area contributed by atoms with Crippen molar-refractivity contribution in [2.24, 2.45) is 10.1 Å². The number of phosphoric ester groups is 1. The van der Waals surface area contributed by atoms with Gasteiger partial charge in [-0.3, -0.25) is 4.52 Å². The van der Waals surface area contributed by atoms with Crippen LogP contribution in [-0.2, 0) is 36.3 Å². The Morgan fingerprint density at radius 3 is 2.60 bits per heavy atom. The van der Waals surface area contributed by atoms with Gasteiger partial charge in [0.2, 0.25) is 6.04 Å². The Kier molecular flexibility index (Phi) is 8.09. The molecule has 0 radical (unpaired) electrons. The quantitative estimate of drug-likeness (QED) is 0.0437. The molecule has 1 spiro atoms. The number of benzene rings is 1. The van der Waals surface area contributed by atoms with Crippen molar-refractivity contribution in [2.45, 2.75) is 37.4 Å². The van der Waals surface area contributed by atoms with Crippen LogP contribution >= 0.6 is 23.5 Å². The SMILES string of the molecule is CC(N=[N+]=[N-])c1ccccc1C(=O)O[C@@H]1C2[C@@H](O[C@@H]1COP(=O)(O)OP(=O)(O)OP(=O)(O)O)[N+]21C=Nc2c(N)ncnc21. The number of azide groups is 1. The zero-order chi connectivity index (χ0) is 31.4. The number of nitrogen functional groups attached to an aromatic ring is 1. The molecule has 24 heteroatoms. The number of aromatic nitrogens is 2. The average molecular weight is 663 g/mol. The number of phosphoric acid groups is 3. The van der Waals surface area contributed by atoms with Crippen molar-refractivity contribution < 1.29 is 60.7 Å². The zero-order valence-electron chi connectivity index (χ0n) is 21.6. The highest BCUT2D eigenvalue weighted by Gasteiger charge is 2.82. The van der Waals surface area contributed by atoms with Crippen LogP contribution in [0.5, 0.6) is 0 Å². The molecule has 1 aromatic heterocycles. The Morgan fingerprint density at radius 1 is 1.19 bits per heavy atom. The summed E-state index contributed by atoms with van der Waals surface area (Å²) >= 11 is 0. The van der Waals surface area contributed by atoms with Crippen LogP contribution in [0.2, 0.25) is 0 Å². The van der Waals surface area contributed by atoms with Gasteiger partial charge in [-0.05, 0) is 17.2 Å². The Morgan fingerprint density at radius 2 is 1.91 bits per heavy atom. The molecule has 2 fully saturated rings. The number of rotatable bonds is 11. The van der Waals surface area contributed by atoms with Gasteiger partial charge in [0, 0.05) is 4.91 Å². The van der Waals surface area contributed by atoms with Gasteiger partial charge < -0.3 is 34.8 Å². The number of nitrogens with two attached hydrogens (primary N) is 1. The second kappa shape index (κ2) is 11.1. The first-order chi connectivity index (χ1) is 20.1. The van der Waals surface area contributed by atoms with Crippen LogP contribution in [0, 0.1) is 0 Å². The van der Waals surface area contributed by atoms with Crippen LogP contribution in [0.1, 0.15) is 28.9 Å². The number of fused-ring (bicyclic) bond motifs is 5. The van der Waals surface area contributed by atoms with Gasteiger partial charge in [0.05, 0.1) is 18.2 Å². The predicted octanol–water partition coefficient (Wildman–Crippen LogP) is 2.09. The molecule has 0 aliphatic carbocycles. The van der Waals surface area contributed by atoms with Crippen LogP contribution in [-0.4, -0.2) is 72.9 Å². The van der Waals surface area contributed by atoms with Gasteiger partial charge in [0.25, 0.3) is 12.0 Å². The number of hydrogen-bond acceptors (Lipinski definition) is 14. The molecule has 21 nitrogen and oxygen atoms in total. The lowest BCUT2D eigenvalue weighted by Gasteiger charge is -2.26. The van der Waals surface area contributed by atoms with E-state index in [-0.39, 0.29) is 21.6 Å². The van der Waals surface area contributed by atoms with Crippen molar-refractivity contribution in [3.63, 3.8) is 0 Å². The van der Waals surface area contributed by atoms with E-state index in [1.165, 1.54) is 18.7 Å². The Hall–Kier alpha value is -3.12. The van der Waals surface area contributed by atoms with E-state index < -0.39 is 66.6 Å². The van der Waals surface area contributed by atoms with Crippen molar-refractivity contribution in [1.82, 2.24) is 14.5 Å². The summed E-state index contributed by atoms with van der Waals surface area (Å²) in [4.78, 5) is 65.4. The van der Waals surface area contributed by atoms with Crippen LogP contribution in [0.3, 0.4) is 0 Å². The minimum Gasteiger partial charge on any atom is -0.449 e. The van der Waals surface area contributed by atoms with E-state index in [0.717, 1.165) is 0 Å². The van der Waals surface area contributed by atoms with Gasteiger partial charge in [-0.25, -0.2) is 23.5 Å². The number of anilines is 1. The third kappa shape index (κ3) is 6.13. The van der Waals surface area contributed by atoms with Crippen molar-refractivity contribution in [3.8, 4) is 0 Å². The molecule has 0 bridgehead atoms. The van der Waals surface area contributed by atoms with Crippen molar-refractivity contribution in [1.29, 1.82) is 0 Å². The monoisotopic (exact) mass is 663 g/mol. The molecule has 6 N–H and O–H groups in total. The summed E-state index contributed by atoms with van der Waals surface area (Å²) in [5.74, 6) is -0.455. The van der Waals surface area contributed by atoms with Crippen LogP contribution in [0.25, 0.3) is 10.4 Å². The first-order valence-corrected chi connectivity index (χ1v) is 16.4. The zero-order valence-corrected chi connectivity index (χ0v) is 24.3. The highest BCUT2D eigenvalue weighted by molar-refractivity contribution is 7.66. The molecule has 3 aliphatic heterocycles. The highest BCUT2D eigenvalue weighted by atomic mass is 31.3. The Bertz CT molecular complexity index is 1700. The fraction of sp³-hybridized carbons (Fsp3) is 0.368. The normalized spacial score (nSPS) is 28.7. The number of carbonyl (C=O) groups is 1. The standard InChI is InChI=1S/C19H21N8O13P3/c1-9(25-26-21)10-4-2-3-5-11(10)19(28)38-15-12(6-36-42(32,33)40-43(34,35)39-41(29,30)31)37-18-14(15)27(18)8-24-13-16(20)22-7-23-17(13)27/h2-5,7-9,12,14-15,18H,6H2,1H3,(H5-,20,22,23,29,30,31,32,33,34,35)/p+1/t9?,12-,14?,15+,18-,27?/m1/s1.